The standard InChI is InChI=1S/C21H20N4OS/c1-21(2,3)14-8-6-7-13(11-14)18-15(12-22)19(26)25(24-18)20-23-16-9-4-5-10-17(16)27-20/h4-12H,22H2,1-3H3. The summed E-state index contributed by atoms with van der Waals surface area (Å²) >= 11 is 1.43. The van der Waals surface area contributed by atoms with Gasteiger partial charge in [-0.05, 0) is 29.2 Å². The molecule has 0 radical (unpaired) electrons. The zero-order valence-electron chi connectivity index (χ0n) is 15.4. The molecule has 0 saturated carbocycles. The van der Waals surface area contributed by atoms with Crippen LogP contribution in [-0.2, 0) is 10.2 Å². The number of nitrogens with zero attached hydrogens (tertiary/aromatic N) is 3. The average Bonchev–Trinajstić information content (AvgIpc) is 3.21. The summed E-state index contributed by atoms with van der Waals surface area (Å²) < 4.78 is 1.01. The quantitative estimate of drug-likeness (QED) is 0.682. The van der Waals surface area contributed by atoms with Crippen molar-refractivity contribution in [1.29, 1.82) is 0 Å². The van der Waals surface area contributed by atoms with E-state index in [0.29, 0.717) is 16.4 Å². The highest BCUT2D eigenvalue weighted by atomic mass is 32.1. The third-order valence-corrected chi connectivity index (χ3v) is 5.52. The van der Waals surface area contributed by atoms with E-state index in [9.17, 15) is 4.79 Å². The van der Waals surface area contributed by atoms with Gasteiger partial charge in [0.15, 0.2) is 0 Å². The van der Waals surface area contributed by atoms with Crippen LogP contribution in [0.4, 0.5) is 5.13 Å². The van der Waals surface area contributed by atoms with Gasteiger partial charge < -0.3 is 5.73 Å². The zero-order chi connectivity index (χ0) is 19.2. The van der Waals surface area contributed by atoms with Crippen molar-refractivity contribution in [3.8, 4) is 0 Å². The van der Waals surface area contributed by atoms with Gasteiger partial charge in [-0.15, -0.1) is 0 Å². The van der Waals surface area contributed by atoms with E-state index in [1.54, 1.807) is 0 Å². The van der Waals surface area contributed by atoms with E-state index in [4.69, 9.17) is 5.73 Å². The molecule has 2 aromatic carbocycles. The fraction of sp³-hybridized carbons (Fsp3) is 0.190. The second-order valence-corrected chi connectivity index (χ2v) is 8.45. The van der Waals surface area contributed by atoms with E-state index >= 15 is 0 Å². The van der Waals surface area contributed by atoms with Crippen LogP contribution in [-0.4, -0.2) is 16.6 Å². The van der Waals surface area contributed by atoms with Crippen molar-refractivity contribution >= 4 is 38.3 Å². The van der Waals surface area contributed by atoms with Crippen LogP contribution >= 0.6 is 11.3 Å². The number of fused-ring (bicyclic) bond motifs is 1. The van der Waals surface area contributed by atoms with E-state index < -0.39 is 0 Å². The Morgan fingerprint density at radius 3 is 2.59 bits per heavy atom. The van der Waals surface area contributed by atoms with Gasteiger partial charge in [-0.3, -0.25) is 4.79 Å². The van der Waals surface area contributed by atoms with Crippen molar-refractivity contribution < 1.29 is 4.79 Å². The van der Waals surface area contributed by atoms with Crippen LogP contribution < -0.4 is 10.7 Å². The molecule has 0 spiro atoms. The molecular formula is C21H20N4OS. The van der Waals surface area contributed by atoms with E-state index in [0.717, 1.165) is 15.8 Å². The Hall–Kier alpha value is -2.99. The Morgan fingerprint density at radius 2 is 1.89 bits per heavy atom. The molecule has 5 nitrogen and oxygen atoms in total. The summed E-state index contributed by atoms with van der Waals surface area (Å²) in [6.07, 6.45) is 1.33. The molecule has 2 N–H and O–H groups in total. The SMILES string of the molecule is CC(C)(C)c1cccc(C2=NN(c3nc4ccccc4s3)C(=O)C2=CN)c1. The molecule has 0 bridgehead atoms. The number of nitrogens with two attached hydrogens (primary N) is 1. The van der Waals surface area contributed by atoms with Crippen LogP contribution in [0.1, 0.15) is 31.9 Å². The lowest BCUT2D eigenvalue weighted by molar-refractivity contribution is -0.114. The summed E-state index contributed by atoms with van der Waals surface area (Å²) in [4.78, 5) is 17.5. The van der Waals surface area contributed by atoms with Crippen LogP contribution in [0.15, 0.2) is 65.4 Å². The molecule has 0 aliphatic carbocycles. The highest BCUT2D eigenvalue weighted by Crippen LogP contribution is 2.33. The molecule has 4 rings (SSSR count). The molecule has 1 amide bonds. The van der Waals surface area contributed by atoms with Gasteiger partial charge in [-0.1, -0.05) is 62.4 Å². The molecule has 3 aromatic rings. The maximum atomic E-state index is 12.9. The van der Waals surface area contributed by atoms with E-state index in [1.165, 1.54) is 28.1 Å². The number of rotatable bonds is 2. The zero-order valence-corrected chi connectivity index (χ0v) is 16.2. The molecule has 0 saturated heterocycles. The summed E-state index contributed by atoms with van der Waals surface area (Å²) in [5, 5.41) is 6.47. The number of thiazole rings is 1. The minimum Gasteiger partial charge on any atom is -0.404 e. The first kappa shape index (κ1) is 17.4. The van der Waals surface area contributed by atoms with Crippen LogP contribution in [0.5, 0.6) is 0 Å². The largest absolute Gasteiger partial charge is 0.404 e. The summed E-state index contributed by atoms with van der Waals surface area (Å²) in [6.45, 7) is 6.46. The van der Waals surface area contributed by atoms with Gasteiger partial charge in [-0.25, -0.2) is 4.98 Å². The van der Waals surface area contributed by atoms with Crippen molar-refractivity contribution in [2.45, 2.75) is 26.2 Å². The van der Waals surface area contributed by atoms with E-state index in [2.05, 4.69) is 43.0 Å². The van der Waals surface area contributed by atoms with Gasteiger partial charge in [0.2, 0.25) is 5.13 Å². The van der Waals surface area contributed by atoms with Gasteiger partial charge in [0, 0.05) is 11.8 Å². The maximum Gasteiger partial charge on any atom is 0.284 e. The summed E-state index contributed by atoms with van der Waals surface area (Å²) in [7, 11) is 0. The van der Waals surface area contributed by atoms with Gasteiger partial charge in [0.1, 0.15) is 5.71 Å². The number of aromatic nitrogens is 1. The molecule has 6 heteroatoms. The normalized spacial score (nSPS) is 16.4. The van der Waals surface area contributed by atoms with E-state index in [-0.39, 0.29) is 11.3 Å². The van der Waals surface area contributed by atoms with Crippen molar-refractivity contribution in [2.24, 2.45) is 10.8 Å². The molecule has 1 aromatic heterocycles. The fourth-order valence-corrected chi connectivity index (χ4v) is 3.91. The predicted octanol–water partition coefficient (Wildman–Crippen LogP) is 4.19. The Labute approximate surface area is 161 Å². The lowest BCUT2D eigenvalue weighted by Crippen LogP contribution is -2.22. The van der Waals surface area contributed by atoms with Gasteiger partial charge in [-0.2, -0.15) is 10.1 Å². The number of anilines is 1. The number of benzene rings is 2. The molecule has 0 unspecified atom stereocenters. The van der Waals surface area contributed by atoms with Crippen molar-refractivity contribution in [3.63, 3.8) is 0 Å². The molecule has 1 aliphatic rings. The third-order valence-electron chi connectivity index (χ3n) is 4.51. The van der Waals surface area contributed by atoms with Gasteiger partial charge in [0.25, 0.3) is 5.91 Å². The predicted molar refractivity (Wildman–Crippen MR) is 111 cm³/mol. The van der Waals surface area contributed by atoms with Crippen LogP contribution in [0.3, 0.4) is 0 Å². The lowest BCUT2D eigenvalue weighted by atomic mass is 9.85. The molecular weight excluding hydrogens is 356 g/mol. The van der Waals surface area contributed by atoms with Crippen LogP contribution in [0, 0.1) is 0 Å². The molecule has 1 aliphatic heterocycles. The third kappa shape index (κ3) is 3.02. The number of para-hydroxylation sites is 1. The van der Waals surface area contributed by atoms with E-state index in [1.807, 2.05) is 36.4 Å². The van der Waals surface area contributed by atoms with Gasteiger partial charge in [0.05, 0.1) is 15.8 Å². The second-order valence-electron chi connectivity index (χ2n) is 7.44. The first-order chi connectivity index (χ1) is 12.9. The average molecular weight is 376 g/mol. The number of amides is 1. The van der Waals surface area contributed by atoms with Crippen LogP contribution in [0.2, 0.25) is 0 Å². The smallest absolute Gasteiger partial charge is 0.284 e. The topological polar surface area (TPSA) is 71.6 Å². The molecule has 0 fully saturated rings. The van der Waals surface area contributed by atoms with Crippen molar-refractivity contribution in [3.05, 3.63) is 71.4 Å². The highest BCUT2D eigenvalue weighted by Gasteiger charge is 2.34. The summed E-state index contributed by atoms with van der Waals surface area (Å²) in [5.74, 6) is -0.257. The fourth-order valence-electron chi connectivity index (χ4n) is 2.99. The maximum absolute atomic E-state index is 12.9. The monoisotopic (exact) mass is 376 g/mol. The molecule has 0 atom stereocenters. The minimum absolute atomic E-state index is 0.00149. The first-order valence-corrected chi connectivity index (χ1v) is 9.52. The number of hydrogen-bond acceptors (Lipinski definition) is 5. The molecule has 27 heavy (non-hydrogen) atoms. The summed E-state index contributed by atoms with van der Waals surface area (Å²) in [5.41, 5.74) is 9.64. The minimum atomic E-state index is -0.257. The number of carbonyl (C=O) groups is 1. The second kappa shape index (κ2) is 6.32. The Bertz CT molecular complexity index is 1070. The summed E-state index contributed by atoms with van der Waals surface area (Å²) in [6, 6.07) is 15.9. The van der Waals surface area contributed by atoms with Gasteiger partial charge >= 0.3 is 0 Å². The Morgan fingerprint density at radius 1 is 1.11 bits per heavy atom. The van der Waals surface area contributed by atoms with Crippen LogP contribution in [0.25, 0.3) is 10.2 Å². The Kier molecular flexibility index (Phi) is 4.08. The first-order valence-electron chi connectivity index (χ1n) is 8.70. The molecule has 2 heterocycles. The number of hydrazone groups is 1. The molecule has 136 valence electrons. The lowest BCUT2D eigenvalue weighted by Gasteiger charge is -2.19. The van der Waals surface area contributed by atoms with Crippen molar-refractivity contribution in [2.75, 3.05) is 5.01 Å². The number of carbonyl (C=O) groups excluding carboxylic acids is 1. The Balaban J connectivity index is 1.80. The van der Waals surface area contributed by atoms with Crippen molar-refractivity contribution in [1.82, 2.24) is 4.98 Å². The highest BCUT2D eigenvalue weighted by molar-refractivity contribution is 7.22. The number of hydrogen-bond donors (Lipinski definition) is 1.